The molecular formula is C10H15N2. The van der Waals surface area contributed by atoms with Gasteiger partial charge in [0.1, 0.15) is 6.20 Å². The van der Waals surface area contributed by atoms with Crippen LogP contribution in [0.3, 0.4) is 0 Å². The molecule has 1 saturated carbocycles. The Morgan fingerprint density at radius 3 is 2.83 bits per heavy atom. The van der Waals surface area contributed by atoms with Crippen LogP contribution in [0, 0.1) is 12.1 Å². The smallest absolute Gasteiger partial charge is 0.108 e. The molecule has 0 aromatic carbocycles. The summed E-state index contributed by atoms with van der Waals surface area (Å²) in [4.78, 5) is 3.95. The monoisotopic (exact) mass is 163 g/mol. The first-order valence-corrected chi connectivity index (χ1v) is 4.77. The summed E-state index contributed by atoms with van der Waals surface area (Å²) >= 11 is 0. The van der Waals surface area contributed by atoms with Crippen molar-refractivity contribution in [1.82, 2.24) is 9.55 Å². The highest BCUT2D eigenvalue weighted by Crippen LogP contribution is 2.33. The molecule has 2 nitrogen and oxygen atoms in total. The van der Waals surface area contributed by atoms with Gasteiger partial charge < -0.3 is 4.57 Å². The van der Waals surface area contributed by atoms with Gasteiger partial charge >= 0.3 is 0 Å². The van der Waals surface area contributed by atoms with E-state index in [1.54, 1.807) is 0 Å². The summed E-state index contributed by atoms with van der Waals surface area (Å²) in [6.45, 7) is 2.28. The van der Waals surface area contributed by atoms with Crippen LogP contribution in [0.15, 0.2) is 12.5 Å². The van der Waals surface area contributed by atoms with Gasteiger partial charge in [-0.25, -0.2) is 4.98 Å². The maximum absolute atomic E-state index is 3.95. The summed E-state index contributed by atoms with van der Waals surface area (Å²) in [6.07, 6.45) is 12.3. The van der Waals surface area contributed by atoms with Crippen LogP contribution >= 0.6 is 0 Å². The maximum Gasteiger partial charge on any atom is 0.108 e. The Balaban J connectivity index is 2.04. The average molecular weight is 163 g/mol. The zero-order valence-corrected chi connectivity index (χ0v) is 7.53. The molecule has 1 aliphatic carbocycles. The van der Waals surface area contributed by atoms with Crippen LogP contribution in [0.2, 0.25) is 0 Å². The highest BCUT2D eigenvalue weighted by molar-refractivity contribution is 4.82. The number of rotatable bonds is 2. The van der Waals surface area contributed by atoms with Gasteiger partial charge in [0.2, 0.25) is 0 Å². The van der Waals surface area contributed by atoms with Gasteiger partial charge in [0, 0.05) is 12.2 Å². The predicted molar refractivity (Wildman–Crippen MR) is 47.7 cm³/mol. The number of hydrogen-bond acceptors (Lipinski definition) is 1. The lowest BCUT2D eigenvalue weighted by molar-refractivity contribution is 0.360. The van der Waals surface area contributed by atoms with Crippen molar-refractivity contribution in [3.05, 3.63) is 18.7 Å². The molecular weight excluding hydrogens is 148 g/mol. The minimum Gasteiger partial charge on any atom is -0.334 e. The molecule has 1 atom stereocenters. The van der Waals surface area contributed by atoms with Crippen LogP contribution in [0.1, 0.15) is 38.6 Å². The molecule has 1 aromatic rings. The van der Waals surface area contributed by atoms with E-state index in [2.05, 4.69) is 22.7 Å². The van der Waals surface area contributed by atoms with E-state index in [4.69, 9.17) is 0 Å². The molecule has 1 aromatic heterocycles. The molecule has 1 radical (unpaired) electrons. The lowest BCUT2D eigenvalue weighted by Gasteiger charge is -2.19. The summed E-state index contributed by atoms with van der Waals surface area (Å²) in [7, 11) is 0. The lowest BCUT2D eigenvalue weighted by atomic mass is 10.00. The van der Waals surface area contributed by atoms with E-state index in [1.807, 2.05) is 12.5 Å². The van der Waals surface area contributed by atoms with Gasteiger partial charge in [0.15, 0.2) is 0 Å². The molecule has 0 unspecified atom stereocenters. The molecule has 2 heteroatoms. The molecule has 0 saturated heterocycles. The van der Waals surface area contributed by atoms with Crippen molar-refractivity contribution < 1.29 is 0 Å². The minimum absolute atomic E-state index is 0.617. The van der Waals surface area contributed by atoms with Crippen LogP contribution in [-0.2, 0) is 0 Å². The van der Waals surface area contributed by atoms with Crippen LogP contribution in [0.4, 0.5) is 0 Å². The fourth-order valence-corrected chi connectivity index (χ4v) is 2.14. The fourth-order valence-electron chi connectivity index (χ4n) is 2.14. The van der Waals surface area contributed by atoms with E-state index in [0.717, 1.165) is 5.92 Å². The second-order valence-electron chi connectivity index (χ2n) is 3.74. The Labute approximate surface area is 73.6 Å². The maximum atomic E-state index is 3.95. The predicted octanol–water partition coefficient (Wildman–Crippen LogP) is 2.43. The summed E-state index contributed by atoms with van der Waals surface area (Å²) in [5, 5.41) is 0. The quantitative estimate of drug-likeness (QED) is 0.654. The van der Waals surface area contributed by atoms with Crippen LogP contribution in [-0.4, -0.2) is 9.55 Å². The minimum atomic E-state index is 0.617. The molecule has 12 heavy (non-hydrogen) atoms. The second-order valence-corrected chi connectivity index (χ2v) is 3.74. The summed E-state index contributed by atoms with van der Waals surface area (Å²) in [5.74, 6) is 0.868. The van der Waals surface area contributed by atoms with Gasteiger partial charge in [-0.3, -0.25) is 0 Å². The Kier molecular flexibility index (Phi) is 2.15. The molecule has 65 valence electrons. The van der Waals surface area contributed by atoms with Crippen molar-refractivity contribution >= 4 is 0 Å². The molecule has 0 bridgehead atoms. The van der Waals surface area contributed by atoms with Crippen LogP contribution in [0.5, 0.6) is 0 Å². The molecule has 1 fully saturated rings. The first-order chi connectivity index (χ1) is 5.88. The number of imidazole rings is 1. The van der Waals surface area contributed by atoms with Crippen LogP contribution < -0.4 is 0 Å². The zero-order chi connectivity index (χ0) is 8.39. The average Bonchev–Trinajstić information content (AvgIpc) is 2.77. The normalized spacial score (nSPS) is 21.4. The SMILES string of the molecule is C[C@H](C1CCCC1)n1c[c]nc1. The molecule has 0 spiro atoms. The first kappa shape index (κ1) is 7.84. The van der Waals surface area contributed by atoms with Gasteiger partial charge in [-0.1, -0.05) is 12.8 Å². The number of aromatic nitrogens is 2. The van der Waals surface area contributed by atoms with Gasteiger partial charge in [0.25, 0.3) is 0 Å². The third-order valence-corrected chi connectivity index (χ3v) is 3.02. The molecule has 0 amide bonds. The van der Waals surface area contributed by atoms with E-state index in [-0.39, 0.29) is 0 Å². The summed E-state index contributed by atoms with van der Waals surface area (Å²) < 4.78 is 2.18. The van der Waals surface area contributed by atoms with Crippen molar-refractivity contribution in [2.24, 2.45) is 5.92 Å². The standard InChI is InChI=1S/C10H15N2/c1-9(10-4-2-3-5-10)12-7-6-11-8-12/h7-10H,2-5H2,1H3/t9-/m1/s1. The van der Waals surface area contributed by atoms with Gasteiger partial charge in [0.05, 0.1) is 6.33 Å². The third-order valence-electron chi connectivity index (χ3n) is 3.02. The second kappa shape index (κ2) is 3.30. The number of nitrogens with zero attached hydrogens (tertiary/aromatic N) is 2. The van der Waals surface area contributed by atoms with E-state index in [1.165, 1.54) is 25.7 Å². The van der Waals surface area contributed by atoms with Crippen molar-refractivity contribution in [2.45, 2.75) is 38.6 Å². The van der Waals surface area contributed by atoms with Crippen molar-refractivity contribution in [1.29, 1.82) is 0 Å². The van der Waals surface area contributed by atoms with E-state index < -0.39 is 0 Å². The highest BCUT2D eigenvalue weighted by atomic mass is 15.0. The van der Waals surface area contributed by atoms with Crippen molar-refractivity contribution in [3.8, 4) is 0 Å². The fraction of sp³-hybridized carbons (Fsp3) is 0.700. The topological polar surface area (TPSA) is 17.8 Å². The molecule has 0 aliphatic heterocycles. The van der Waals surface area contributed by atoms with Gasteiger partial charge in [-0.05, 0) is 25.7 Å². The Morgan fingerprint density at radius 2 is 2.25 bits per heavy atom. The molecule has 1 aliphatic rings. The Bertz CT molecular complexity index is 222. The van der Waals surface area contributed by atoms with Crippen molar-refractivity contribution in [3.63, 3.8) is 0 Å². The van der Waals surface area contributed by atoms with Crippen LogP contribution in [0.25, 0.3) is 0 Å². The zero-order valence-electron chi connectivity index (χ0n) is 7.53. The molecule has 1 heterocycles. The first-order valence-electron chi connectivity index (χ1n) is 4.77. The third kappa shape index (κ3) is 1.38. The summed E-state index contributed by atoms with van der Waals surface area (Å²) in [5.41, 5.74) is 0. The van der Waals surface area contributed by atoms with Crippen molar-refractivity contribution in [2.75, 3.05) is 0 Å². The van der Waals surface area contributed by atoms with Gasteiger partial charge in [-0.15, -0.1) is 0 Å². The van der Waals surface area contributed by atoms with E-state index >= 15 is 0 Å². The lowest BCUT2D eigenvalue weighted by Crippen LogP contribution is -2.12. The Morgan fingerprint density at radius 1 is 1.50 bits per heavy atom. The largest absolute Gasteiger partial charge is 0.334 e. The molecule has 2 rings (SSSR count). The van der Waals surface area contributed by atoms with E-state index in [0.29, 0.717) is 6.04 Å². The highest BCUT2D eigenvalue weighted by Gasteiger charge is 2.21. The number of hydrogen-bond donors (Lipinski definition) is 0. The van der Waals surface area contributed by atoms with Gasteiger partial charge in [-0.2, -0.15) is 0 Å². The van der Waals surface area contributed by atoms with E-state index in [9.17, 15) is 0 Å². The Hall–Kier alpha value is -0.790. The summed E-state index contributed by atoms with van der Waals surface area (Å²) in [6, 6.07) is 0.617. The molecule has 0 N–H and O–H groups in total.